The number of hydrogen-bond donors (Lipinski definition) is 0. The first-order chi connectivity index (χ1) is 29.8. The second-order valence-corrected chi connectivity index (χ2v) is 15.7. The van der Waals surface area contributed by atoms with E-state index in [-0.39, 0.29) is 0 Å². The van der Waals surface area contributed by atoms with Crippen molar-refractivity contribution in [2.45, 2.75) is 0 Å². The third kappa shape index (κ3) is 4.67. The monoisotopic (exact) mass is 764 g/mol. The SMILES string of the molecule is c1ccc(-n2c3ccc4c(-n5c6ccccc6c6ccccc65)ccc(c4c3)n(-c3ccccc3)c3ccc4c(-n5c6ccccc6c6ccccc65)ccc2c4c3)cc1. The summed E-state index contributed by atoms with van der Waals surface area (Å²) in [4.78, 5) is 0. The zero-order valence-electron chi connectivity index (χ0n) is 32.6. The van der Waals surface area contributed by atoms with Crippen LogP contribution < -0.4 is 0 Å². The minimum Gasteiger partial charge on any atom is -0.310 e. The molecule has 4 nitrogen and oxygen atoms in total. The van der Waals surface area contributed by atoms with E-state index < -0.39 is 0 Å². The Morgan fingerprint density at radius 2 is 0.517 bits per heavy atom. The topological polar surface area (TPSA) is 19.7 Å². The molecule has 13 rings (SSSR count). The van der Waals surface area contributed by atoms with E-state index in [0.717, 1.165) is 44.8 Å². The summed E-state index contributed by atoms with van der Waals surface area (Å²) in [7, 11) is 0. The Hall–Kier alpha value is -8.08. The van der Waals surface area contributed by atoms with Gasteiger partial charge in [0.2, 0.25) is 0 Å². The Labute approximate surface area is 345 Å². The van der Waals surface area contributed by atoms with E-state index in [0.29, 0.717) is 0 Å². The highest BCUT2D eigenvalue weighted by Gasteiger charge is 2.19. The van der Waals surface area contributed by atoms with Crippen molar-refractivity contribution < 1.29 is 0 Å². The molecule has 3 heterocycles. The van der Waals surface area contributed by atoms with Crippen molar-refractivity contribution in [2.75, 3.05) is 0 Å². The van der Waals surface area contributed by atoms with Crippen molar-refractivity contribution in [1.29, 1.82) is 0 Å². The van der Waals surface area contributed by atoms with E-state index >= 15 is 0 Å². The molecule has 4 heteroatoms. The Bertz CT molecular complexity index is 3520. The van der Waals surface area contributed by atoms with Crippen LogP contribution in [0.2, 0.25) is 0 Å². The molecule has 0 saturated heterocycles. The standard InChI is InChI=1S/C56H36N4/c1-3-15-37(16-4-1)57-39-27-29-46-48(35-39)56(34-32-54(46)60-51-25-13-9-21-43(51)44-22-10-14-26-52(44)60)58(38-17-5-2-6-18-38)40-28-30-45-47(36-40)55(57)33-31-53(45)59-49-23-11-7-19-41(49)42-20-8-12-24-50(42)59/h1-36H. The van der Waals surface area contributed by atoms with Gasteiger partial charge in [0, 0.05) is 65.5 Å². The van der Waals surface area contributed by atoms with Crippen molar-refractivity contribution in [3.05, 3.63) is 218 Å². The molecule has 60 heavy (non-hydrogen) atoms. The Morgan fingerprint density at radius 3 is 0.883 bits per heavy atom. The lowest BCUT2D eigenvalue weighted by atomic mass is 10.0. The van der Waals surface area contributed by atoms with E-state index in [1.165, 1.54) is 65.2 Å². The highest BCUT2D eigenvalue weighted by atomic mass is 15.0. The maximum atomic E-state index is 2.45. The first kappa shape index (κ1) is 32.9. The average molecular weight is 765 g/mol. The van der Waals surface area contributed by atoms with Gasteiger partial charge in [-0.05, 0) is 97.1 Å². The molecule has 0 amide bonds. The van der Waals surface area contributed by atoms with Crippen LogP contribution in [0.25, 0.3) is 110 Å². The summed E-state index contributed by atoms with van der Waals surface area (Å²) in [5, 5.41) is 9.71. The third-order valence-corrected chi connectivity index (χ3v) is 12.6. The fourth-order valence-electron chi connectivity index (χ4n) is 10.0. The highest BCUT2D eigenvalue weighted by molar-refractivity contribution is 6.14. The van der Waals surface area contributed by atoms with Crippen molar-refractivity contribution in [3.63, 3.8) is 0 Å². The van der Waals surface area contributed by atoms with Gasteiger partial charge < -0.3 is 18.3 Å². The van der Waals surface area contributed by atoms with Crippen molar-refractivity contribution in [3.8, 4) is 22.7 Å². The molecule has 4 bridgehead atoms. The van der Waals surface area contributed by atoms with Gasteiger partial charge in [-0.2, -0.15) is 0 Å². The number of hydrogen-bond acceptors (Lipinski definition) is 0. The summed E-state index contributed by atoms with van der Waals surface area (Å²) >= 11 is 0. The maximum absolute atomic E-state index is 2.45. The van der Waals surface area contributed by atoms with Crippen molar-refractivity contribution in [1.82, 2.24) is 18.3 Å². The van der Waals surface area contributed by atoms with Crippen LogP contribution in [0, 0.1) is 0 Å². The molecule has 10 aromatic carbocycles. The lowest BCUT2D eigenvalue weighted by molar-refractivity contribution is 1.14. The van der Waals surface area contributed by atoms with Crippen LogP contribution in [0.3, 0.4) is 0 Å². The van der Waals surface area contributed by atoms with Crippen LogP contribution in [0.15, 0.2) is 218 Å². The van der Waals surface area contributed by atoms with Crippen LogP contribution in [0.4, 0.5) is 0 Å². The molecule has 0 saturated carbocycles. The summed E-state index contributed by atoms with van der Waals surface area (Å²) in [6.45, 7) is 0. The summed E-state index contributed by atoms with van der Waals surface area (Å²) in [5.41, 5.74) is 13.7. The van der Waals surface area contributed by atoms with Gasteiger partial charge in [-0.1, -0.05) is 121 Å². The number of nitrogens with zero attached hydrogens (tertiary/aromatic N) is 4. The summed E-state index contributed by atoms with van der Waals surface area (Å²) in [6.07, 6.45) is 0. The number of benzene rings is 10. The molecule has 0 fully saturated rings. The zero-order chi connectivity index (χ0) is 39.3. The molecule has 0 N–H and O–H groups in total. The molecule has 0 unspecified atom stereocenters. The van der Waals surface area contributed by atoms with Gasteiger partial charge >= 0.3 is 0 Å². The fraction of sp³-hybridized carbons (Fsp3) is 0. The van der Waals surface area contributed by atoms with Crippen LogP contribution in [0.5, 0.6) is 0 Å². The van der Waals surface area contributed by atoms with Gasteiger partial charge in [0.15, 0.2) is 0 Å². The van der Waals surface area contributed by atoms with Gasteiger partial charge in [-0.25, -0.2) is 0 Å². The summed E-state index contributed by atoms with van der Waals surface area (Å²) in [5.74, 6) is 0. The van der Waals surface area contributed by atoms with Crippen LogP contribution in [-0.4, -0.2) is 18.3 Å². The second-order valence-electron chi connectivity index (χ2n) is 15.7. The number of fused-ring (bicyclic) bond motifs is 8. The molecule has 0 aliphatic heterocycles. The fourth-order valence-corrected chi connectivity index (χ4v) is 10.0. The number of rotatable bonds is 4. The minimum absolute atomic E-state index is 1.10. The average Bonchev–Trinajstić information content (AvgIpc) is 3.83. The highest BCUT2D eigenvalue weighted by Crippen LogP contribution is 2.40. The van der Waals surface area contributed by atoms with Crippen LogP contribution in [0.1, 0.15) is 0 Å². The molecule has 0 aliphatic carbocycles. The summed E-state index contributed by atoms with van der Waals surface area (Å²) < 4.78 is 9.77. The van der Waals surface area contributed by atoms with E-state index in [9.17, 15) is 0 Å². The normalized spacial score (nSPS) is 12.0. The predicted octanol–water partition coefficient (Wildman–Crippen LogP) is 14.6. The molecule has 0 atom stereocenters. The molecule has 0 aliphatic rings. The Kier molecular flexibility index (Phi) is 6.98. The van der Waals surface area contributed by atoms with Crippen molar-refractivity contribution in [2.24, 2.45) is 0 Å². The van der Waals surface area contributed by atoms with E-state index in [4.69, 9.17) is 0 Å². The molecule has 3 aromatic heterocycles. The molecular formula is C56H36N4. The summed E-state index contributed by atoms with van der Waals surface area (Å²) in [6, 6.07) is 80.1. The molecule has 0 radical (unpaired) electrons. The van der Waals surface area contributed by atoms with E-state index in [1.807, 2.05) is 0 Å². The number of para-hydroxylation sites is 6. The Balaban J connectivity index is 1.22. The second kappa shape index (κ2) is 12.7. The van der Waals surface area contributed by atoms with Crippen LogP contribution in [-0.2, 0) is 0 Å². The smallest absolute Gasteiger partial charge is 0.0542 e. The van der Waals surface area contributed by atoms with Gasteiger partial charge in [0.25, 0.3) is 0 Å². The molecular weight excluding hydrogens is 729 g/mol. The quantitative estimate of drug-likeness (QED) is 0.170. The van der Waals surface area contributed by atoms with Gasteiger partial charge in [-0.3, -0.25) is 0 Å². The maximum Gasteiger partial charge on any atom is 0.0542 e. The minimum atomic E-state index is 1.10. The molecule has 280 valence electrons. The van der Waals surface area contributed by atoms with E-state index in [2.05, 4.69) is 237 Å². The van der Waals surface area contributed by atoms with E-state index in [1.54, 1.807) is 0 Å². The third-order valence-electron chi connectivity index (χ3n) is 12.6. The number of aromatic nitrogens is 4. The first-order valence-corrected chi connectivity index (χ1v) is 20.6. The zero-order valence-corrected chi connectivity index (χ0v) is 32.6. The molecule has 13 aromatic rings. The largest absolute Gasteiger partial charge is 0.310 e. The molecule has 0 spiro atoms. The van der Waals surface area contributed by atoms with Gasteiger partial charge in [0.1, 0.15) is 0 Å². The lowest BCUT2D eigenvalue weighted by Gasteiger charge is -2.21. The van der Waals surface area contributed by atoms with Gasteiger partial charge in [-0.15, -0.1) is 0 Å². The van der Waals surface area contributed by atoms with Crippen molar-refractivity contribution >= 4 is 87.2 Å². The predicted molar refractivity (Wildman–Crippen MR) is 253 cm³/mol. The lowest BCUT2D eigenvalue weighted by Crippen LogP contribution is -2.04. The first-order valence-electron chi connectivity index (χ1n) is 20.6. The Morgan fingerprint density at radius 1 is 0.200 bits per heavy atom. The van der Waals surface area contributed by atoms with Gasteiger partial charge in [0.05, 0.1) is 44.5 Å². The van der Waals surface area contributed by atoms with Crippen LogP contribution >= 0.6 is 0 Å².